The lowest BCUT2D eigenvalue weighted by Crippen LogP contribution is -2.61. The van der Waals surface area contributed by atoms with Gasteiger partial charge in [-0.05, 0) is 56.0 Å². The molecule has 4 N–H and O–H groups in total. The van der Waals surface area contributed by atoms with Gasteiger partial charge in [0, 0.05) is 23.5 Å². The molecule has 1 aromatic rings. The molecular weight excluding hydrogens is 322 g/mol. The maximum absolute atomic E-state index is 11.7. The van der Waals surface area contributed by atoms with Crippen molar-refractivity contribution >= 4 is 23.0 Å². The largest absolute Gasteiger partial charge is 0.469 e. The van der Waals surface area contributed by atoms with Crippen molar-refractivity contribution in [2.45, 2.75) is 56.5 Å². The Balaban J connectivity index is 1.80. The molecule has 0 aliphatic heterocycles. The first-order chi connectivity index (χ1) is 11.6. The summed E-state index contributed by atoms with van der Waals surface area (Å²) in [5, 5.41) is 16.4. The number of hydrazone groups is 1. The average Bonchev–Trinajstić information content (AvgIpc) is 3.08. The third-order valence-electron chi connectivity index (χ3n) is 6.37. The number of furan rings is 1. The van der Waals surface area contributed by atoms with Gasteiger partial charge in [0.25, 0.3) is 0 Å². The molecule has 5 unspecified atom stereocenters. The summed E-state index contributed by atoms with van der Waals surface area (Å²) in [6.07, 6.45) is 9.09. The minimum atomic E-state index is -0.691. The predicted octanol–water partition coefficient (Wildman–Crippen LogP) is 2.90. The Morgan fingerprint density at radius 3 is 2.96 bits per heavy atom. The molecule has 3 aliphatic carbocycles. The van der Waals surface area contributed by atoms with Gasteiger partial charge < -0.3 is 15.3 Å². The molecule has 0 amide bonds. The molecule has 3 fully saturated rings. The Hall–Kier alpha value is -1.40. The fourth-order valence-corrected chi connectivity index (χ4v) is 5.58. The molecule has 5 atom stereocenters. The van der Waals surface area contributed by atoms with Crippen LogP contribution in [0.5, 0.6) is 0 Å². The minimum Gasteiger partial charge on any atom is -0.469 e. The number of nitrogens with two attached hydrogens (primary N) is 1. The van der Waals surface area contributed by atoms with Gasteiger partial charge in [-0.3, -0.25) is 5.43 Å². The summed E-state index contributed by atoms with van der Waals surface area (Å²) in [5.41, 5.74) is 8.71. The Kier molecular flexibility index (Phi) is 4.12. The zero-order valence-electron chi connectivity index (χ0n) is 13.8. The summed E-state index contributed by atoms with van der Waals surface area (Å²) in [7, 11) is 0. The van der Waals surface area contributed by atoms with E-state index in [2.05, 4.69) is 10.5 Å². The molecule has 6 heteroatoms. The van der Waals surface area contributed by atoms with Crippen molar-refractivity contribution in [2.24, 2.45) is 28.6 Å². The van der Waals surface area contributed by atoms with Crippen LogP contribution in [0, 0.1) is 17.8 Å². The molecule has 5 nitrogen and oxygen atoms in total. The van der Waals surface area contributed by atoms with Crippen LogP contribution in [0.4, 0.5) is 0 Å². The molecule has 1 aromatic heterocycles. The molecule has 24 heavy (non-hydrogen) atoms. The van der Waals surface area contributed by atoms with Crippen molar-refractivity contribution in [3.8, 4) is 0 Å². The summed E-state index contributed by atoms with van der Waals surface area (Å²) in [4.78, 5) is 0. The maximum Gasteiger partial charge on any atom is 0.184 e. The maximum atomic E-state index is 11.7. The van der Waals surface area contributed by atoms with E-state index in [4.69, 9.17) is 22.4 Å². The molecule has 0 radical (unpaired) electrons. The fourth-order valence-electron chi connectivity index (χ4n) is 5.53. The zero-order valence-corrected chi connectivity index (χ0v) is 14.6. The Morgan fingerprint density at radius 1 is 1.33 bits per heavy atom. The summed E-state index contributed by atoms with van der Waals surface area (Å²) < 4.78 is 5.80. The highest BCUT2D eigenvalue weighted by atomic mass is 32.1. The summed E-state index contributed by atoms with van der Waals surface area (Å²) >= 11 is 4.93. The number of nitrogens with one attached hydrogen (secondary N) is 1. The molecule has 0 aromatic carbocycles. The molecule has 4 rings (SSSR count). The van der Waals surface area contributed by atoms with E-state index in [1.165, 1.54) is 6.42 Å². The van der Waals surface area contributed by atoms with Gasteiger partial charge >= 0.3 is 0 Å². The van der Waals surface area contributed by atoms with Gasteiger partial charge in [0.05, 0.1) is 11.9 Å². The number of hydrogen-bond donors (Lipinski definition) is 3. The standard InChI is InChI=1S/C18H25N3O2S/c19-17(24)21-20-16-11-5-3-7-13(16)18(22)9-2-1-6-12(18)15(11)14-8-4-10-23-14/h4,8,10-13,15,22H,1-3,5-7,9H2,(H3,19,21,24). The van der Waals surface area contributed by atoms with Gasteiger partial charge in [0.15, 0.2) is 5.11 Å². The monoisotopic (exact) mass is 347 g/mol. The molecule has 130 valence electrons. The van der Waals surface area contributed by atoms with Gasteiger partial charge in [0.2, 0.25) is 0 Å². The number of aliphatic hydroxyl groups is 1. The second kappa shape index (κ2) is 6.15. The van der Waals surface area contributed by atoms with E-state index in [0.29, 0.717) is 5.92 Å². The van der Waals surface area contributed by atoms with Crippen LogP contribution in [-0.2, 0) is 0 Å². The van der Waals surface area contributed by atoms with E-state index in [1.54, 1.807) is 6.26 Å². The van der Waals surface area contributed by atoms with E-state index in [0.717, 1.165) is 50.0 Å². The van der Waals surface area contributed by atoms with Crippen LogP contribution in [0.1, 0.15) is 56.6 Å². The van der Waals surface area contributed by atoms with Crippen molar-refractivity contribution in [3.05, 3.63) is 24.2 Å². The van der Waals surface area contributed by atoms with Crippen molar-refractivity contribution < 1.29 is 9.52 Å². The van der Waals surface area contributed by atoms with Crippen LogP contribution in [0.2, 0.25) is 0 Å². The lowest BCUT2D eigenvalue weighted by atomic mass is 9.50. The second-order valence-electron chi connectivity index (χ2n) is 7.49. The Labute approximate surface area is 147 Å². The second-order valence-corrected chi connectivity index (χ2v) is 7.93. The van der Waals surface area contributed by atoms with Gasteiger partial charge in [-0.1, -0.05) is 19.3 Å². The van der Waals surface area contributed by atoms with Crippen LogP contribution in [0.3, 0.4) is 0 Å². The van der Waals surface area contributed by atoms with E-state index >= 15 is 0 Å². The van der Waals surface area contributed by atoms with E-state index in [9.17, 15) is 5.11 Å². The zero-order chi connectivity index (χ0) is 16.7. The highest BCUT2D eigenvalue weighted by molar-refractivity contribution is 7.80. The van der Waals surface area contributed by atoms with Crippen LogP contribution >= 0.6 is 12.2 Å². The van der Waals surface area contributed by atoms with Gasteiger partial charge in [-0.25, -0.2) is 0 Å². The summed E-state index contributed by atoms with van der Waals surface area (Å²) in [5.74, 6) is 1.81. The summed E-state index contributed by atoms with van der Waals surface area (Å²) in [6, 6.07) is 3.99. The van der Waals surface area contributed by atoms with E-state index in [-0.39, 0.29) is 22.9 Å². The number of nitrogens with zero attached hydrogens (tertiary/aromatic N) is 1. The van der Waals surface area contributed by atoms with Gasteiger partial charge in [0.1, 0.15) is 5.76 Å². The van der Waals surface area contributed by atoms with E-state index in [1.807, 2.05) is 12.1 Å². The topological polar surface area (TPSA) is 83.8 Å². The van der Waals surface area contributed by atoms with E-state index < -0.39 is 5.60 Å². The lowest BCUT2D eigenvalue weighted by Gasteiger charge is -2.57. The smallest absolute Gasteiger partial charge is 0.184 e. The average molecular weight is 347 g/mol. The molecular formula is C18H25N3O2S. The predicted molar refractivity (Wildman–Crippen MR) is 96.5 cm³/mol. The third kappa shape index (κ3) is 2.47. The molecule has 2 bridgehead atoms. The van der Waals surface area contributed by atoms with Crippen molar-refractivity contribution in [1.82, 2.24) is 5.43 Å². The van der Waals surface area contributed by atoms with Crippen molar-refractivity contribution in [1.29, 1.82) is 0 Å². The summed E-state index contributed by atoms with van der Waals surface area (Å²) in [6.45, 7) is 0. The molecule has 1 heterocycles. The first-order valence-electron chi connectivity index (χ1n) is 9.00. The van der Waals surface area contributed by atoms with Crippen LogP contribution in [0.25, 0.3) is 0 Å². The van der Waals surface area contributed by atoms with Gasteiger partial charge in [-0.2, -0.15) is 5.10 Å². The number of thiocarbonyl (C=S) groups is 1. The molecule has 0 spiro atoms. The minimum absolute atomic E-state index is 0.106. The molecule has 3 saturated carbocycles. The number of hydrogen-bond acceptors (Lipinski definition) is 4. The third-order valence-corrected chi connectivity index (χ3v) is 6.46. The normalized spacial score (nSPS) is 40.1. The first kappa shape index (κ1) is 16.1. The lowest BCUT2D eigenvalue weighted by molar-refractivity contribution is -0.113. The molecule has 3 aliphatic rings. The molecule has 0 saturated heterocycles. The van der Waals surface area contributed by atoms with Crippen molar-refractivity contribution in [3.63, 3.8) is 0 Å². The Bertz CT molecular complexity index is 645. The highest BCUT2D eigenvalue weighted by Gasteiger charge is 2.59. The SMILES string of the molecule is NC(=S)NN=C1C2CCCC1C1(O)CCCCC1C2c1ccco1. The van der Waals surface area contributed by atoms with Crippen molar-refractivity contribution in [2.75, 3.05) is 0 Å². The number of fused-ring (bicyclic) bond motifs is 4. The van der Waals surface area contributed by atoms with Crippen LogP contribution in [-0.4, -0.2) is 21.5 Å². The highest BCUT2D eigenvalue weighted by Crippen LogP contribution is 2.58. The Morgan fingerprint density at radius 2 is 2.21 bits per heavy atom. The van der Waals surface area contributed by atoms with Crippen LogP contribution < -0.4 is 11.2 Å². The quantitative estimate of drug-likeness (QED) is 0.566. The fraction of sp³-hybridized carbons (Fsp3) is 0.667. The number of rotatable bonds is 2. The van der Waals surface area contributed by atoms with Crippen LogP contribution in [0.15, 0.2) is 27.9 Å². The first-order valence-corrected chi connectivity index (χ1v) is 9.41. The van der Waals surface area contributed by atoms with Gasteiger partial charge in [-0.15, -0.1) is 0 Å².